The number of alkyl halides is 3. The van der Waals surface area contributed by atoms with Crippen molar-refractivity contribution in [2.24, 2.45) is 0 Å². The third kappa shape index (κ3) is 9.44. The van der Waals surface area contributed by atoms with Crippen LogP contribution in [0, 0.1) is 0 Å². The van der Waals surface area contributed by atoms with E-state index in [1.165, 1.54) is 17.7 Å². The predicted octanol–water partition coefficient (Wildman–Crippen LogP) is 6.36. The fourth-order valence-corrected chi connectivity index (χ4v) is 4.03. The Balaban J connectivity index is 1.75. The lowest BCUT2D eigenvalue weighted by atomic mass is 9.97. The number of aryl methyl sites for hydroxylation is 1. The van der Waals surface area contributed by atoms with E-state index in [1.807, 2.05) is 24.3 Å². The largest absolute Gasteiger partial charge is 0.481 e. The number of aliphatic carboxylic acids is 1. The molecule has 40 heavy (non-hydrogen) atoms. The first-order valence-electron chi connectivity index (χ1n) is 13.0. The number of hydrogen-bond donors (Lipinski definition) is 4. The molecule has 3 aromatic rings. The van der Waals surface area contributed by atoms with Crippen molar-refractivity contribution in [3.8, 4) is 0 Å². The normalized spacial score (nSPS) is 11.9. The number of rotatable bonds is 12. The van der Waals surface area contributed by atoms with E-state index >= 15 is 0 Å². The van der Waals surface area contributed by atoms with Crippen LogP contribution in [0.3, 0.4) is 0 Å². The molecular weight excluding hydrogens is 523 g/mol. The molecule has 1 unspecified atom stereocenters. The van der Waals surface area contributed by atoms with Crippen molar-refractivity contribution >= 4 is 23.6 Å². The molecule has 0 heterocycles. The molecule has 3 rings (SSSR count). The molecule has 0 aliphatic heterocycles. The fourth-order valence-electron chi connectivity index (χ4n) is 4.03. The molecule has 0 spiro atoms. The molecule has 212 valence electrons. The van der Waals surface area contributed by atoms with E-state index in [9.17, 15) is 27.6 Å². The van der Waals surface area contributed by atoms with Gasteiger partial charge in [-0.2, -0.15) is 13.2 Å². The number of carbonyl (C=O) groups excluding carboxylic acids is 2. The van der Waals surface area contributed by atoms with Crippen LogP contribution in [-0.4, -0.2) is 29.6 Å². The number of carboxylic acids is 1. The van der Waals surface area contributed by atoms with Crippen LogP contribution in [0.15, 0.2) is 72.8 Å². The van der Waals surface area contributed by atoms with E-state index < -0.39 is 35.7 Å². The van der Waals surface area contributed by atoms with Crippen molar-refractivity contribution in [2.45, 2.75) is 51.2 Å². The highest BCUT2D eigenvalue weighted by Gasteiger charge is 2.30. The number of halogens is 3. The molecule has 0 aromatic heterocycles. The number of nitrogens with one attached hydrogen (secondary N) is 3. The molecule has 0 radical (unpaired) electrons. The van der Waals surface area contributed by atoms with Gasteiger partial charge in [-0.3, -0.25) is 9.59 Å². The zero-order chi connectivity index (χ0) is 29.1. The summed E-state index contributed by atoms with van der Waals surface area (Å²) < 4.78 is 39.0. The minimum absolute atomic E-state index is 0.0201. The van der Waals surface area contributed by atoms with Crippen LogP contribution in [0.25, 0.3) is 0 Å². The fraction of sp³-hybridized carbons (Fsp3) is 0.300. The summed E-state index contributed by atoms with van der Waals surface area (Å²) in [5.74, 6) is -1.47. The van der Waals surface area contributed by atoms with E-state index in [0.717, 1.165) is 31.4 Å². The molecule has 4 N–H and O–H groups in total. The van der Waals surface area contributed by atoms with Crippen molar-refractivity contribution in [1.82, 2.24) is 10.6 Å². The molecule has 0 aliphatic carbocycles. The Morgan fingerprint density at radius 2 is 1.50 bits per heavy atom. The van der Waals surface area contributed by atoms with E-state index in [0.29, 0.717) is 22.4 Å². The molecule has 0 fully saturated rings. The maximum atomic E-state index is 13.0. The van der Waals surface area contributed by atoms with Gasteiger partial charge in [0.25, 0.3) is 5.91 Å². The molecule has 0 aliphatic rings. The average Bonchev–Trinajstić information content (AvgIpc) is 2.92. The zero-order valence-corrected chi connectivity index (χ0v) is 22.1. The number of amides is 3. The van der Waals surface area contributed by atoms with Crippen molar-refractivity contribution in [3.05, 3.63) is 101 Å². The lowest BCUT2D eigenvalue weighted by Crippen LogP contribution is -2.33. The second kappa shape index (κ2) is 14.2. The number of anilines is 1. The molecular formula is C30H32F3N3O4. The van der Waals surface area contributed by atoms with Crippen LogP contribution in [0.4, 0.5) is 23.7 Å². The Morgan fingerprint density at radius 3 is 2.08 bits per heavy atom. The molecule has 7 nitrogen and oxygen atoms in total. The first-order chi connectivity index (χ1) is 19.0. The third-order valence-corrected chi connectivity index (χ3v) is 6.26. The quantitative estimate of drug-likeness (QED) is 0.209. The Kier molecular flexibility index (Phi) is 10.7. The number of carbonyl (C=O) groups is 3. The van der Waals surface area contributed by atoms with Gasteiger partial charge < -0.3 is 21.1 Å². The number of urea groups is 1. The number of carboxylic acid groups (broad SMARTS) is 1. The van der Waals surface area contributed by atoms with Crippen LogP contribution in [0.2, 0.25) is 0 Å². The Bertz CT molecular complexity index is 1280. The summed E-state index contributed by atoms with van der Waals surface area (Å²) in [7, 11) is 0. The van der Waals surface area contributed by atoms with Crippen LogP contribution in [0.5, 0.6) is 0 Å². The van der Waals surface area contributed by atoms with Gasteiger partial charge in [-0.05, 0) is 72.4 Å². The Labute approximate surface area is 230 Å². The SMILES string of the molecule is CCCCc1ccc(NC(=O)NC(Cc2ccc(C(F)(F)F)cc2)c2ccc(C(=O)NCCC(=O)O)cc2)cc1. The van der Waals surface area contributed by atoms with Gasteiger partial charge in [0.2, 0.25) is 0 Å². The monoisotopic (exact) mass is 555 g/mol. The predicted molar refractivity (Wildman–Crippen MR) is 146 cm³/mol. The second-order valence-corrected chi connectivity index (χ2v) is 9.37. The lowest BCUT2D eigenvalue weighted by molar-refractivity contribution is -0.138. The summed E-state index contributed by atoms with van der Waals surface area (Å²) >= 11 is 0. The first kappa shape index (κ1) is 30.2. The van der Waals surface area contributed by atoms with Crippen LogP contribution < -0.4 is 16.0 Å². The highest BCUT2D eigenvalue weighted by molar-refractivity contribution is 5.94. The minimum Gasteiger partial charge on any atom is -0.481 e. The molecule has 3 amide bonds. The summed E-state index contributed by atoms with van der Waals surface area (Å²) in [6, 6.07) is 17.5. The Morgan fingerprint density at radius 1 is 0.875 bits per heavy atom. The van der Waals surface area contributed by atoms with Gasteiger partial charge in [0.15, 0.2) is 0 Å². The molecule has 0 bridgehead atoms. The third-order valence-electron chi connectivity index (χ3n) is 6.26. The number of hydrogen-bond acceptors (Lipinski definition) is 3. The summed E-state index contributed by atoms with van der Waals surface area (Å²) in [4.78, 5) is 35.9. The molecule has 0 saturated carbocycles. The van der Waals surface area contributed by atoms with Gasteiger partial charge in [0.1, 0.15) is 0 Å². The lowest BCUT2D eigenvalue weighted by Gasteiger charge is -2.21. The van der Waals surface area contributed by atoms with Crippen LogP contribution >= 0.6 is 0 Å². The number of unbranched alkanes of at least 4 members (excludes halogenated alkanes) is 1. The maximum absolute atomic E-state index is 13.0. The summed E-state index contributed by atoms with van der Waals surface area (Å²) in [6.45, 7) is 2.10. The molecule has 10 heteroatoms. The van der Waals surface area contributed by atoms with Crippen LogP contribution in [-0.2, 0) is 23.8 Å². The minimum atomic E-state index is -4.46. The van der Waals surface area contributed by atoms with Gasteiger partial charge in [0, 0.05) is 17.8 Å². The zero-order valence-electron chi connectivity index (χ0n) is 22.1. The van der Waals surface area contributed by atoms with Gasteiger partial charge in [-0.25, -0.2) is 4.79 Å². The van der Waals surface area contributed by atoms with E-state index in [4.69, 9.17) is 5.11 Å². The Hall–Kier alpha value is -4.34. The van der Waals surface area contributed by atoms with Gasteiger partial charge in [-0.15, -0.1) is 0 Å². The van der Waals surface area contributed by atoms with Gasteiger partial charge in [0.05, 0.1) is 18.0 Å². The highest BCUT2D eigenvalue weighted by Crippen LogP contribution is 2.30. The number of benzene rings is 3. The van der Waals surface area contributed by atoms with Gasteiger partial charge >= 0.3 is 18.2 Å². The topological polar surface area (TPSA) is 108 Å². The standard InChI is InChI=1S/C30H32F3N3O4/c1-2-3-4-20-7-15-25(16-8-20)35-29(40)36-26(19-21-5-13-24(14-6-21)30(31,32)33)22-9-11-23(12-10-22)28(39)34-18-17-27(37)38/h5-16,26H,2-4,17-19H2,1H3,(H,34,39)(H,37,38)(H2,35,36,40). The van der Waals surface area contributed by atoms with Crippen molar-refractivity contribution in [3.63, 3.8) is 0 Å². The van der Waals surface area contributed by atoms with E-state index in [1.54, 1.807) is 24.3 Å². The summed E-state index contributed by atoms with van der Waals surface area (Å²) in [5, 5.41) is 16.9. The van der Waals surface area contributed by atoms with Crippen LogP contribution in [0.1, 0.15) is 64.8 Å². The van der Waals surface area contributed by atoms with Crippen molar-refractivity contribution in [1.29, 1.82) is 0 Å². The molecule has 1 atom stereocenters. The summed E-state index contributed by atoms with van der Waals surface area (Å²) in [6.07, 6.45) is -1.36. The van der Waals surface area contributed by atoms with Crippen molar-refractivity contribution < 1.29 is 32.7 Å². The smallest absolute Gasteiger partial charge is 0.416 e. The highest BCUT2D eigenvalue weighted by atomic mass is 19.4. The first-order valence-corrected chi connectivity index (χ1v) is 13.0. The van der Waals surface area contributed by atoms with E-state index in [-0.39, 0.29) is 19.4 Å². The molecule has 3 aromatic carbocycles. The van der Waals surface area contributed by atoms with E-state index in [2.05, 4.69) is 22.9 Å². The van der Waals surface area contributed by atoms with Crippen molar-refractivity contribution in [2.75, 3.05) is 11.9 Å². The molecule has 0 saturated heterocycles. The van der Waals surface area contributed by atoms with Gasteiger partial charge in [-0.1, -0.05) is 49.7 Å². The average molecular weight is 556 g/mol. The summed E-state index contributed by atoms with van der Waals surface area (Å²) in [5.41, 5.74) is 2.51. The maximum Gasteiger partial charge on any atom is 0.416 e. The second-order valence-electron chi connectivity index (χ2n) is 9.37.